The van der Waals surface area contributed by atoms with Gasteiger partial charge >= 0.3 is 6.09 Å². The number of aromatic nitrogens is 1. The lowest BCUT2D eigenvalue weighted by atomic mass is 10.0. The largest absolute Gasteiger partial charge is 0.444 e. The Balaban J connectivity index is 2.39. The molecule has 0 bridgehead atoms. The van der Waals surface area contributed by atoms with E-state index in [2.05, 4.69) is 15.6 Å². The molecule has 0 saturated heterocycles. The van der Waals surface area contributed by atoms with Crippen LogP contribution in [0.25, 0.3) is 0 Å². The number of carbonyl (C=O) groups excluding carboxylic acids is 2. The van der Waals surface area contributed by atoms with E-state index in [9.17, 15) is 9.59 Å². The molecule has 1 aromatic heterocycles. The zero-order chi connectivity index (χ0) is 16.8. The molecule has 0 unspecified atom stereocenters. The Morgan fingerprint density at radius 1 is 1.32 bits per heavy atom. The molecule has 122 valence electrons. The van der Waals surface area contributed by atoms with E-state index in [0.717, 1.165) is 11.4 Å². The number of ether oxygens (including phenoxy) is 1. The van der Waals surface area contributed by atoms with Gasteiger partial charge in [-0.2, -0.15) is 0 Å². The smallest absolute Gasteiger partial charge is 0.407 e. The van der Waals surface area contributed by atoms with Crippen molar-refractivity contribution in [1.29, 1.82) is 0 Å². The Hall–Kier alpha value is -2.11. The standard InChI is InChI=1S/C16H25N3O3/c1-11-9-14(17-5)19-10-12(11)13(20)7-6-8-18-15(21)22-16(2,3)4/h9-10H,6-8H2,1-5H3,(H,17,19)(H,18,21). The lowest BCUT2D eigenvalue weighted by Gasteiger charge is -2.19. The summed E-state index contributed by atoms with van der Waals surface area (Å²) in [5.74, 6) is 0.763. The van der Waals surface area contributed by atoms with Gasteiger partial charge in [0.05, 0.1) is 0 Å². The van der Waals surface area contributed by atoms with Gasteiger partial charge in [0, 0.05) is 31.8 Å². The Morgan fingerprint density at radius 2 is 2.00 bits per heavy atom. The number of aryl methyl sites for hydroxylation is 1. The number of carbonyl (C=O) groups is 2. The molecule has 0 aliphatic rings. The molecule has 0 aliphatic carbocycles. The van der Waals surface area contributed by atoms with E-state index in [1.165, 1.54) is 0 Å². The average Bonchev–Trinajstić information content (AvgIpc) is 2.41. The maximum Gasteiger partial charge on any atom is 0.407 e. The van der Waals surface area contributed by atoms with Crippen molar-refractivity contribution in [2.75, 3.05) is 18.9 Å². The van der Waals surface area contributed by atoms with Gasteiger partial charge in [-0.05, 0) is 45.7 Å². The number of alkyl carbamates (subject to hydrolysis) is 1. The van der Waals surface area contributed by atoms with Crippen LogP contribution >= 0.6 is 0 Å². The van der Waals surface area contributed by atoms with Crippen molar-refractivity contribution in [2.24, 2.45) is 0 Å². The number of ketones is 1. The molecule has 1 aromatic rings. The summed E-state index contributed by atoms with van der Waals surface area (Å²) >= 11 is 0. The normalized spacial score (nSPS) is 11.0. The number of rotatable bonds is 6. The first-order valence-corrected chi connectivity index (χ1v) is 7.37. The van der Waals surface area contributed by atoms with Crippen molar-refractivity contribution in [3.05, 3.63) is 23.4 Å². The number of nitrogens with one attached hydrogen (secondary N) is 2. The molecule has 0 saturated carbocycles. The maximum absolute atomic E-state index is 12.1. The molecule has 22 heavy (non-hydrogen) atoms. The molecule has 0 atom stereocenters. The summed E-state index contributed by atoms with van der Waals surface area (Å²) in [5, 5.41) is 5.57. The van der Waals surface area contributed by atoms with Gasteiger partial charge in [-0.25, -0.2) is 9.78 Å². The molecule has 2 N–H and O–H groups in total. The number of nitrogens with zero attached hydrogens (tertiary/aromatic N) is 1. The van der Waals surface area contributed by atoms with Crippen molar-refractivity contribution in [1.82, 2.24) is 10.3 Å². The predicted octanol–water partition coefficient (Wildman–Crippen LogP) is 2.92. The van der Waals surface area contributed by atoms with Crippen LogP contribution in [0.15, 0.2) is 12.3 Å². The van der Waals surface area contributed by atoms with E-state index in [0.29, 0.717) is 24.9 Å². The molecule has 6 nitrogen and oxygen atoms in total. The number of pyridine rings is 1. The molecule has 0 aliphatic heterocycles. The van der Waals surface area contributed by atoms with Crippen LogP contribution < -0.4 is 10.6 Å². The van der Waals surface area contributed by atoms with Gasteiger partial charge in [0.25, 0.3) is 0 Å². The van der Waals surface area contributed by atoms with Crippen molar-refractivity contribution < 1.29 is 14.3 Å². The fourth-order valence-corrected chi connectivity index (χ4v) is 1.87. The molecule has 0 radical (unpaired) electrons. The van der Waals surface area contributed by atoms with Gasteiger partial charge in [-0.15, -0.1) is 0 Å². The number of Topliss-reactive ketones (excluding diaryl/α,β-unsaturated/α-hetero) is 1. The first kappa shape index (κ1) is 17.9. The van der Waals surface area contributed by atoms with Crippen LogP contribution in [0.5, 0.6) is 0 Å². The lowest BCUT2D eigenvalue weighted by Crippen LogP contribution is -2.33. The van der Waals surface area contributed by atoms with Crippen LogP contribution in [0.3, 0.4) is 0 Å². The third-order valence-electron chi connectivity index (χ3n) is 2.92. The molecule has 0 fully saturated rings. The summed E-state index contributed by atoms with van der Waals surface area (Å²) in [5.41, 5.74) is 0.998. The fraction of sp³-hybridized carbons (Fsp3) is 0.562. The SMILES string of the molecule is CNc1cc(C)c(C(=O)CCCNC(=O)OC(C)(C)C)cn1. The summed E-state index contributed by atoms with van der Waals surface area (Å²) < 4.78 is 5.12. The zero-order valence-electron chi connectivity index (χ0n) is 13.9. The summed E-state index contributed by atoms with van der Waals surface area (Å²) in [7, 11) is 1.78. The van der Waals surface area contributed by atoms with Crippen LogP contribution in [0.4, 0.5) is 10.6 Å². The minimum atomic E-state index is -0.516. The highest BCUT2D eigenvalue weighted by Crippen LogP contribution is 2.14. The molecule has 1 heterocycles. The zero-order valence-corrected chi connectivity index (χ0v) is 13.9. The van der Waals surface area contributed by atoms with E-state index in [-0.39, 0.29) is 5.78 Å². The molecular formula is C16H25N3O3. The second-order valence-corrected chi connectivity index (χ2v) is 6.09. The second kappa shape index (κ2) is 7.77. The number of anilines is 1. The number of amides is 1. The van der Waals surface area contributed by atoms with E-state index in [1.54, 1.807) is 34.0 Å². The summed E-state index contributed by atoms with van der Waals surface area (Å²) in [4.78, 5) is 27.8. The Kier molecular flexibility index (Phi) is 6.34. The van der Waals surface area contributed by atoms with Gasteiger partial charge in [0.2, 0.25) is 0 Å². The molecule has 1 amide bonds. The van der Waals surface area contributed by atoms with Crippen molar-refractivity contribution in [2.45, 2.75) is 46.1 Å². The highest BCUT2D eigenvalue weighted by molar-refractivity contribution is 5.97. The maximum atomic E-state index is 12.1. The van der Waals surface area contributed by atoms with Gasteiger partial charge < -0.3 is 15.4 Å². The Morgan fingerprint density at radius 3 is 2.55 bits per heavy atom. The minimum Gasteiger partial charge on any atom is -0.444 e. The summed E-state index contributed by atoms with van der Waals surface area (Å²) in [6.07, 6.45) is 2.05. The predicted molar refractivity (Wildman–Crippen MR) is 86.3 cm³/mol. The Labute approximate surface area is 131 Å². The second-order valence-electron chi connectivity index (χ2n) is 6.09. The minimum absolute atomic E-state index is 0.0265. The third kappa shape index (κ3) is 6.11. The van der Waals surface area contributed by atoms with Crippen LogP contribution in [-0.4, -0.2) is 36.1 Å². The van der Waals surface area contributed by atoms with Gasteiger partial charge in [-0.1, -0.05) is 0 Å². The van der Waals surface area contributed by atoms with Crippen LogP contribution in [0, 0.1) is 6.92 Å². The molecular weight excluding hydrogens is 282 g/mol. The first-order chi connectivity index (χ1) is 10.2. The topological polar surface area (TPSA) is 80.3 Å². The quantitative estimate of drug-likeness (QED) is 0.624. The monoisotopic (exact) mass is 307 g/mol. The fourth-order valence-electron chi connectivity index (χ4n) is 1.87. The van der Waals surface area contributed by atoms with Gasteiger partial charge in [0.1, 0.15) is 11.4 Å². The Bertz CT molecular complexity index is 536. The van der Waals surface area contributed by atoms with E-state index >= 15 is 0 Å². The highest BCUT2D eigenvalue weighted by Gasteiger charge is 2.16. The molecule has 0 spiro atoms. The lowest BCUT2D eigenvalue weighted by molar-refractivity contribution is 0.0525. The highest BCUT2D eigenvalue weighted by atomic mass is 16.6. The van der Waals surface area contributed by atoms with Crippen molar-refractivity contribution in [3.63, 3.8) is 0 Å². The van der Waals surface area contributed by atoms with E-state index < -0.39 is 11.7 Å². The number of hydrogen-bond donors (Lipinski definition) is 2. The summed E-state index contributed by atoms with van der Waals surface area (Å²) in [6, 6.07) is 1.84. The third-order valence-corrected chi connectivity index (χ3v) is 2.92. The van der Waals surface area contributed by atoms with E-state index in [4.69, 9.17) is 4.74 Å². The number of hydrogen-bond acceptors (Lipinski definition) is 5. The van der Waals surface area contributed by atoms with Crippen LogP contribution in [0.2, 0.25) is 0 Å². The van der Waals surface area contributed by atoms with Crippen molar-refractivity contribution in [3.8, 4) is 0 Å². The molecule has 1 rings (SSSR count). The van der Waals surface area contributed by atoms with Crippen molar-refractivity contribution >= 4 is 17.7 Å². The average molecular weight is 307 g/mol. The van der Waals surface area contributed by atoms with Crippen LogP contribution in [-0.2, 0) is 4.74 Å². The van der Waals surface area contributed by atoms with E-state index in [1.807, 2.05) is 13.0 Å². The molecule has 6 heteroatoms. The van der Waals surface area contributed by atoms with Crippen LogP contribution in [0.1, 0.15) is 49.5 Å². The van der Waals surface area contributed by atoms with Gasteiger partial charge in [-0.3, -0.25) is 4.79 Å². The molecule has 0 aromatic carbocycles. The summed E-state index contributed by atoms with van der Waals surface area (Å²) in [6.45, 7) is 7.71. The van der Waals surface area contributed by atoms with Gasteiger partial charge in [0.15, 0.2) is 5.78 Å². The first-order valence-electron chi connectivity index (χ1n) is 7.37.